The fourth-order valence-electron chi connectivity index (χ4n) is 4.67. The Labute approximate surface area is 242 Å². The van der Waals surface area contributed by atoms with Crippen molar-refractivity contribution in [2.75, 3.05) is 23.7 Å². The van der Waals surface area contributed by atoms with Crippen LogP contribution in [0, 0.1) is 0 Å². The molecular weight excluding hydrogens is 559 g/mol. The highest BCUT2D eigenvalue weighted by Gasteiger charge is 2.49. The van der Waals surface area contributed by atoms with Gasteiger partial charge in [-0.05, 0) is 62.7 Å². The number of nitrogens with zero attached hydrogens (tertiary/aromatic N) is 2. The van der Waals surface area contributed by atoms with Gasteiger partial charge in [0, 0.05) is 41.4 Å². The smallest absolute Gasteiger partial charge is 0.410 e. The van der Waals surface area contributed by atoms with Crippen LogP contribution in [0.4, 0.5) is 16.2 Å². The standard InChI is InChI=1S/C28H32Cl2N4O6/c1-16(35)31-19-7-9-20(10-8-19)32-25(36)12-23-26(37)34(13-17-5-6-18(29)11-21(17)30)22-14-33(15-24(22)39-23)27(38)40-28(2,3)4/h5-11,22-24H,12-15H2,1-4H3,(H,31,35)(H,32,36). The van der Waals surface area contributed by atoms with Crippen LogP contribution < -0.4 is 10.6 Å². The molecule has 4 rings (SSSR count). The number of fused-ring (bicyclic) bond motifs is 1. The number of carbonyl (C=O) groups is 4. The molecule has 0 radical (unpaired) electrons. The Balaban J connectivity index is 1.50. The van der Waals surface area contributed by atoms with Crippen LogP contribution in [-0.2, 0) is 30.4 Å². The van der Waals surface area contributed by atoms with E-state index in [1.165, 1.54) is 11.8 Å². The molecule has 0 aromatic heterocycles. The zero-order chi connectivity index (χ0) is 29.2. The largest absolute Gasteiger partial charge is 0.444 e. The Morgan fingerprint density at radius 3 is 2.27 bits per heavy atom. The van der Waals surface area contributed by atoms with E-state index in [2.05, 4.69) is 10.6 Å². The topological polar surface area (TPSA) is 117 Å². The highest BCUT2D eigenvalue weighted by atomic mass is 35.5. The maximum atomic E-state index is 13.7. The van der Waals surface area contributed by atoms with Gasteiger partial charge in [-0.1, -0.05) is 29.3 Å². The lowest BCUT2D eigenvalue weighted by molar-refractivity contribution is -0.169. The molecule has 2 aliphatic rings. The molecule has 0 aliphatic carbocycles. The third kappa shape index (κ3) is 7.44. The van der Waals surface area contributed by atoms with Crippen molar-refractivity contribution in [1.82, 2.24) is 9.80 Å². The number of rotatable bonds is 6. The Bertz CT molecular complexity index is 1300. The summed E-state index contributed by atoms with van der Waals surface area (Å²) in [6, 6.07) is 11.2. The Kier molecular flexibility index (Phi) is 8.92. The van der Waals surface area contributed by atoms with Crippen LogP contribution in [0.5, 0.6) is 0 Å². The zero-order valence-electron chi connectivity index (χ0n) is 22.7. The number of anilines is 2. The molecule has 2 aromatic rings. The molecule has 2 aromatic carbocycles. The van der Waals surface area contributed by atoms with Crippen molar-refractivity contribution >= 4 is 58.4 Å². The van der Waals surface area contributed by atoms with Gasteiger partial charge in [0.25, 0.3) is 5.91 Å². The van der Waals surface area contributed by atoms with Gasteiger partial charge in [0.1, 0.15) is 11.7 Å². The van der Waals surface area contributed by atoms with Gasteiger partial charge in [0.2, 0.25) is 11.8 Å². The molecule has 12 heteroatoms. The van der Waals surface area contributed by atoms with Crippen molar-refractivity contribution < 1.29 is 28.7 Å². The molecule has 2 fully saturated rings. The number of amides is 4. The normalized spacial score (nSPS) is 20.6. The van der Waals surface area contributed by atoms with Gasteiger partial charge < -0.3 is 29.9 Å². The first-order valence-corrected chi connectivity index (χ1v) is 13.6. The summed E-state index contributed by atoms with van der Waals surface area (Å²) in [5.41, 5.74) is 1.09. The maximum Gasteiger partial charge on any atom is 0.410 e. The number of ether oxygens (including phenoxy) is 2. The minimum Gasteiger partial charge on any atom is -0.444 e. The predicted octanol–water partition coefficient (Wildman–Crippen LogP) is 4.70. The quantitative estimate of drug-likeness (QED) is 0.503. The van der Waals surface area contributed by atoms with E-state index in [4.69, 9.17) is 32.7 Å². The summed E-state index contributed by atoms with van der Waals surface area (Å²) >= 11 is 12.5. The van der Waals surface area contributed by atoms with Crippen LogP contribution in [0.1, 0.15) is 39.7 Å². The number of benzene rings is 2. The molecule has 0 bridgehead atoms. The molecule has 214 valence electrons. The van der Waals surface area contributed by atoms with E-state index in [1.54, 1.807) is 68.1 Å². The molecular formula is C28H32Cl2N4O6. The molecule has 0 saturated carbocycles. The highest BCUT2D eigenvalue weighted by molar-refractivity contribution is 6.35. The molecule has 2 saturated heterocycles. The summed E-state index contributed by atoms with van der Waals surface area (Å²) in [5.74, 6) is -1.00. The fourth-order valence-corrected chi connectivity index (χ4v) is 5.14. The van der Waals surface area contributed by atoms with Crippen LogP contribution in [0.2, 0.25) is 10.0 Å². The Morgan fingerprint density at radius 1 is 1.02 bits per heavy atom. The number of morpholine rings is 1. The number of halogens is 2. The summed E-state index contributed by atoms with van der Waals surface area (Å²) < 4.78 is 11.7. The molecule has 3 unspecified atom stereocenters. The first-order valence-electron chi connectivity index (χ1n) is 12.8. The van der Waals surface area contributed by atoms with Crippen molar-refractivity contribution in [1.29, 1.82) is 0 Å². The van der Waals surface area contributed by atoms with Gasteiger partial charge >= 0.3 is 6.09 Å². The van der Waals surface area contributed by atoms with Gasteiger partial charge in [-0.15, -0.1) is 0 Å². The lowest BCUT2D eigenvalue weighted by Crippen LogP contribution is -2.58. The number of carbonyl (C=O) groups excluding carboxylic acids is 4. The number of hydrogen-bond donors (Lipinski definition) is 2. The van der Waals surface area contributed by atoms with Gasteiger partial charge in [0.15, 0.2) is 0 Å². The van der Waals surface area contributed by atoms with Crippen molar-refractivity contribution in [3.8, 4) is 0 Å². The Morgan fingerprint density at radius 2 is 1.68 bits per heavy atom. The van der Waals surface area contributed by atoms with Crippen molar-refractivity contribution in [3.63, 3.8) is 0 Å². The van der Waals surface area contributed by atoms with Gasteiger partial charge in [0.05, 0.1) is 25.1 Å². The van der Waals surface area contributed by atoms with Crippen LogP contribution in [0.15, 0.2) is 42.5 Å². The zero-order valence-corrected chi connectivity index (χ0v) is 24.2. The van der Waals surface area contributed by atoms with E-state index in [9.17, 15) is 19.2 Å². The summed E-state index contributed by atoms with van der Waals surface area (Å²) in [5, 5.41) is 6.29. The van der Waals surface area contributed by atoms with E-state index in [0.29, 0.717) is 27.0 Å². The summed E-state index contributed by atoms with van der Waals surface area (Å²) in [6.45, 7) is 7.34. The summed E-state index contributed by atoms with van der Waals surface area (Å²) in [6.07, 6.45) is -2.32. The van der Waals surface area contributed by atoms with Crippen molar-refractivity contribution in [3.05, 3.63) is 58.1 Å². The minimum absolute atomic E-state index is 0.157. The second-order valence-electron chi connectivity index (χ2n) is 10.8. The molecule has 4 amide bonds. The number of hydrogen-bond acceptors (Lipinski definition) is 6. The predicted molar refractivity (Wildman–Crippen MR) is 151 cm³/mol. The second kappa shape index (κ2) is 12.0. The van der Waals surface area contributed by atoms with E-state index >= 15 is 0 Å². The molecule has 3 atom stereocenters. The highest BCUT2D eigenvalue weighted by Crippen LogP contribution is 2.32. The lowest BCUT2D eigenvalue weighted by atomic mass is 10.0. The number of nitrogens with one attached hydrogen (secondary N) is 2. The summed E-state index contributed by atoms with van der Waals surface area (Å²) in [7, 11) is 0. The van der Waals surface area contributed by atoms with Gasteiger partial charge in [-0.3, -0.25) is 14.4 Å². The van der Waals surface area contributed by atoms with Crippen molar-refractivity contribution in [2.45, 2.75) is 64.5 Å². The fraction of sp³-hybridized carbons (Fsp3) is 0.429. The molecule has 0 spiro atoms. The van der Waals surface area contributed by atoms with Crippen LogP contribution >= 0.6 is 23.2 Å². The average Bonchev–Trinajstić information content (AvgIpc) is 3.27. The monoisotopic (exact) mass is 590 g/mol. The molecule has 2 aliphatic heterocycles. The molecule has 2 N–H and O–H groups in total. The second-order valence-corrected chi connectivity index (χ2v) is 11.7. The SMILES string of the molecule is CC(=O)Nc1ccc(NC(=O)CC2OC3CN(C(=O)OC(C)(C)C)CC3N(Cc3ccc(Cl)cc3Cl)C2=O)cc1. The van der Waals surface area contributed by atoms with E-state index < -0.39 is 35.9 Å². The van der Waals surface area contributed by atoms with Crippen LogP contribution in [0.25, 0.3) is 0 Å². The van der Waals surface area contributed by atoms with Crippen LogP contribution in [-0.4, -0.2) is 70.6 Å². The summed E-state index contributed by atoms with van der Waals surface area (Å²) in [4.78, 5) is 53.8. The average molecular weight is 591 g/mol. The Hall–Kier alpha value is -3.34. The maximum absolute atomic E-state index is 13.7. The van der Waals surface area contributed by atoms with Crippen molar-refractivity contribution in [2.24, 2.45) is 0 Å². The van der Waals surface area contributed by atoms with Gasteiger partial charge in [-0.2, -0.15) is 0 Å². The van der Waals surface area contributed by atoms with E-state index in [-0.39, 0.29) is 37.9 Å². The van der Waals surface area contributed by atoms with Gasteiger partial charge in [-0.25, -0.2) is 4.79 Å². The lowest BCUT2D eigenvalue weighted by Gasteiger charge is -2.40. The number of likely N-dealkylation sites (tertiary alicyclic amines) is 1. The third-order valence-corrected chi connectivity index (χ3v) is 6.99. The first-order chi connectivity index (χ1) is 18.8. The molecule has 2 heterocycles. The third-order valence-electron chi connectivity index (χ3n) is 6.40. The van der Waals surface area contributed by atoms with E-state index in [1.807, 2.05) is 0 Å². The first kappa shape index (κ1) is 29.6. The molecule has 10 nitrogen and oxygen atoms in total. The van der Waals surface area contributed by atoms with Crippen LogP contribution in [0.3, 0.4) is 0 Å². The van der Waals surface area contributed by atoms with E-state index in [0.717, 1.165) is 0 Å². The molecule has 40 heavy (non-hydrogen) atoms. The minimum atomic E-state index is -1.07.